The standard InChI is InChI=1S/C17H15NO2/c1-11-10-12-6-5-9-15(20-2)17(12)18-16(11)13-7-3-4-8-14(13)19/h3-10,19H,1-2H3. The van der Waals surface area contributed by atoms with Crippen LogP contribution in [0, 0.1) is 6.92 Å². The molecule has 0 aliphatic carbocycles. The van der Waals surface area contributed by atoms with Crippen LogP contribution in [0.4, 0.5) is 0 Å². The van der Waals surface area contributed by atoms with E-state index in [4.69, 9.17) is 9.72 Å². The molecule has 0 radical (unpaired) electrons. The van der Waals surface area contributed by atoms with Crippen LogP contribution in [0.3, 0.4) is 0 Å². The van der Waals surface area contributed by atoms with Crippen molar-refractivity contribution in [3.05, 3.63) is 54.1 Å². The molecule has 1 N–H and O–H groups in total. The summed E-state index contributed by atoms with van der Waals surface area (Å²) in [6, 6.07) is 15.1. The third kappa shape index (κ3) is 1.97. The second-order valence-corrected chi connectivity index (χ2v) is 4.70. The largest absolute Gasteiger partial charge is 0.507 e. The monoisotopic (exact) mass is 265 g/mol. The molecule has 0 saturated carbocycles. The van der Waals surface area contributed by atoms with Crippen LogP contribution in [0.1, 0.15) is 5.56 Å². The second kappa shape index (κ2) is 4.85. The van der Waals surface area contributed by atoms with Crippen molar-refractivity contribution in [3.8, 4) is 22.8 Å². The van der Waals surface area contributed by atoms with Crippen molar-refractivity contribution in [2.75, 3.05) is 7.11 Å². The fraction of sp³-hybridized carbons (Fsp3) is 0.118. The fourth-order valence-electron chi connectivity index (χ4n) is 2.39. The second-order valence-electron chi connectivity index (χ2n) is 4.70. The summed E-state index contributed by atoms with van der Waals surface area (Å²) in [5, 5.41) is 11.0. The van der Waals surface area contributed by atoms with Gasteiger partial charge in [0.1, 0.15) is 17.0 Å². The van der Waals surface area contributed by atoms with E-state index in [-0.39, 0.29) is 5.75 Å². The zero-order chi connectivity index (χ0) is 14.1. The lowest BCUT2D eigenvalue weighted by Gasteiger charge is -2.11. The number of methoxy groups -OCH3 is 1. The third-order valence-corrected chi connectivity index (χ3v) is 3.38. The third-order valence-electron chi connectivity index (χ3n) is 3.38. The molecule has 0 aliphatic rings. The van der Waals surface area contributed by atoms with E-state index in [1.807, 2.05) is 37.3 Å². The van der Waals surface area contributed by atoms with Gasteiger partial charge in [-0.05, 0) is 36.8 Å². The van der Waals surface area contributed by atoms with Gasteiger partial charge in [0, 0.05) is 10.9 Å². The van der Waals surface area contributed by atoms with Crippen LogP contribution >= 0.6 is 0 Å². The van der Waals surface area contributed by atoms with E-state index in [2.05, 4.69) is 6.07 Å². The number of nitrogens with zero attached hydrogens (tertiary/aromatic N) is 1. The maximum Gasteiger partial charge on any atom is 0.145 e. The van der Waals surface area contributed by atoms with Gasteiger partial charge in [0.2, 0.25) is 0 Å². The molecule has 3 heteroatoms. The van der Waals surface area contributed by atoms with Crippen molar-refractivity contribution in [2.24, 2.45) is 0 Å². The fourth-order valence-corrected chi connectivity index (χ4v) is 2.39. The van der Waals surface area contributed by atoms with E-state index in [0.29, 0.717) is 0 Å². The zero-order valence-corrected chi connectivity index (χ0v) is 11.4. The summed E-state index contributed by atoms with van der Waals surface area (Å²) in [5.74, 6) is 0.969. The smallest absolute Gasteiger partial charge is 0.145 e. The summed E-state index contributed by atoms with van der Waals surface area (Å²) >= 11 is 0. The molecule has 0 amide bonds. The van der Waals surface area contributed by atoms with Crippen LogP contribution in [0.15, 0.2) is 48.5 Å². The number of pyridine rings is 1. The number of hydrogen-bond donors (Lipinski definition) is 1. The Labute approximate surface area is 117 Å². The number of phenolic OH excluding ortho intramolecular Hbond substituents is 1. The van der Waals surface area contributed by atoms with Gasteiger partial charge in [0.15, 0.2) is 0 Å². The summed E-state index contributed by atoms with van der Waals surface area (Å²) in [6.07, 6.45) is 0. The van der Waals surface area contributed by atoms with Gasteiger partial charge in [-0.2, -0.15) is 0 Å². The molecule has 20 heavy (non-hydrogen) atoms. The SMILES string of the molecule is COc1cccc2cc(C)c(-c3ccccc3O)nc12. The normalized spacial score (nSPS) is 10.7. The molecule has 0 fully saturated rings. The van der Waals surface area contributed by atoms with E-state index >= 15 is 0 Å². The average molecular weight is 265 g/mol. The highest BCUT2D eigenvalue weighted by atomic mass is 16.5. The molecule has 3 aromatic rings. The van der Waals surface area contributed by atoms with Gasteiger partial charge in [-0.1, -0.05) is 24.3 Å². The van der Waals surface area contributed by atoms with Gasteiger partial charge in [-0.15, -0.1) is 0 Å². The van der Waals surface area contributed by atoms with Crippen molar-refractivity contribution in [2.45, 2.75) is 6.92 Å². The minimum absolute atomic E-state index is 0.234. The topological polar surface area (TPSA) is 42.4 Å². The number of fused-ring (bicyclic) bond motifs is 1. The Kier molecular flexibility index (Phi) is 3.03. The minimum atomic E-state index is 0.234. The number of ether oxygens (including phenoxy) is 1. The number of aryl methyl sites for hydroxylation is 1. The minimum Gasteiger partial charge on any atom is -0.507 e. The van der Waals surface area contributed by atoms with Crippen LogP contribution in [0.5, 0.6) is 11.5 Å². The summed E-state index contributed by atoms with van der Waals surface area (Å²) < 4.78 is 5.36. The molecule has 1 heterocycles. The Morgan fingerprint density at radius 2 is 1.85 bits per heavy atom. The molecule has 1 aromatic heterocycles. The van der Waals surface area contributed by atoms with E-state index in [1.165, 1.54) is 0 Å². The molecular formula is C17H15NO2. The number of rotatable bonds is 2. The van der Waals surface area contributed by atoms with E-state index in [0.717, 1.165) is 33.5 Å². The highest BCUT2D eigenvalue weighted by Gasteiger charge is 2.11. The number of aromatic hydroxyl groups is 1. The Balaban J connectivity index is 2.32. The lowest BCUT2D eigenvalue weighted by Crippen LogP contribution is -1.93. The number of hydrogen-bond acceptors (Lipinski definition) is 3. The zero-order valence-electron chi connectivity index (χ0n) is 11.4. The maximum absolute atomic E-state index is 10.0. The van der Waals surface area contributed by atoms with Crippen LogP contribution in [-0.4, -0.2) is 17.2 Å². The molecule has 0 unspecified atom stereocenters. The van der Waals surface area contributed by atoms with E-state index in [9.17, 15) is 5.11 Å². The molecule has 100 valence electrons. The molecule has 3 nitrogen and oxygen atoms in total. The quantitative estimate of drug-likeness (QED) is 0.763. The molecule has 0 saturated heterocycles. The number of benzene rings is 2. The Morgan fingerprint density at radius 1 is 1.05 bits per heavy atom. The molecule has 2 aromatic carbocycles. The Bertz CT molecular complexity index is 781. The summed E-state index contributed by atoms with van der Waals surface area (Å²) in [6.45, 7) is 1.99. The van der Waals surface area contributed by atoms with Crippen LogP contribution in [-0.2, 0) is 0 Å². The number of aromatic nitrogens is 1. The Morgan fingerprint density at radius 3 is 2.60 bits per heavy atom. The van der Waals surface area contributed by atoms with Gasteiger partial charge < -0.3 is 9.84 Å². The number of para-hydroxylation sites is 2. The van der Waals surface area contributed by atoms with Gasteiger partial charge in [-0.3, -0.25) is 0 Å². The number of phenols is 1. The predicted molar refractivity (Wildman–Crippen MR) is 80.1 cm³/mol. The molecular weight excluding hydrogens is 250 g/mol. The first-order chi connectivity index (χ1) is 9.70. The van der Waals surface area contributed by atoms with Crippen molar-refractivity contribution in [1.82, 2.24) is 4.98 Å². The van der Waals surface area contributed by atoms with Crippen LogP contribution in [0.2, 0.25) is 0 Å². The first-order valence-electron chi connectivity index (χ1n) is 6.43. The lowest BCUT2D eigenvalue weighted by atomic mass is 10.0. The van der Waals surface area contributed by atoms with Gasteiger partial charge in [0.25, 0.3) is 0 Å². The first-order valence-corrected chi connectivity index (χ1v) is 6.43. The van der Waals surface area contributed by atoms with Crippen molar-refractivity contribution in [3.63, 3.8) is 0 Å². The summed E-state index contributed by atoms with van der Waals surface area (Å²) in [7, 11) is 1.63. The molecule has 0 atom stereocenters. The molecule has 3 rings (SSSR count). The highest BCUT2D eigenvalue weighted by Crippen LogP contribution is 2.33. The van der Waals surface area contributed by atoms with Crippen LogP contribution in [0.25, 0.3) is 22.2 Å². The predicted octanol–water partition coefficient (Wildman–Crippen LogP) is 3.92. The Hall–Kier alpha value is -2.55. The van der Waals surface area contributed by atoms with Gasteiger partial charge in [-0.25, -0.2) is 4.98 Å². The first kappa shape index (κ1) is 12.5. The van der Waals surface area contributed by atoms with Gasteiger partial charge in [0.05, 0.1) is 12.8 Å². The molecule has 0 aliphatic heterocycles. The highest BCUT2D eigenvalue weighted by molar-refractivity contribution is 5.88. The maximum atomic E-state index is 10.0. The van der Waals surface area contributed by atoms with E-state index in [1.54, 1.807) is 19.2 Å². The van der Waals surface area contributed by atoms with Crippen molar-refractivity contribution >= 4 is 10.9 Å². The lowest BCUT2D eigenvalue weighted by molar-refractivity contribution is 0.419. The van der Waals surface area contributed by atoms with Crippen LogP contribution < -0.4 is 4.74 Å². The summed E-state index contributed by atoms with van der Waals surface area (Å²) in [5.41, 5.74) is 3.34. The molecule has 0 spiro atoms. The van der Waals surface area contributed by atoms with Crippen molar-refractivity contribution in [1.29, 1.82) is 0 Å². The summed E-state index contributed by atoms with van der Waals surface area (Å²) in [4.78, 5) is 4.69. The van der Waals surface area contributed by atoms with Gasteiger partial charge >= 0.3 is 0 Å². The van der Waals surface area contributed by atoms with E-state index < -0.39 is 0 Å². The molecule has 0 bridgehead atoms. The van der Waals surface area contributed by atoms with Crippen molar-refractivity contribution < 1.29 is 9.84 Å². The average Bonchev–Trinajstić information content (AvgIpc) is 2.46.